The number of ketones is 1. The summed E-state index contributed by atoms with van der Waals surface area (Å²) in [6.07, 6.45) is 4.81. The molecule has 0 saturated carbocycles. The number of hydrogen-bond acceptors (Lipinski definition) is 6. The average molecular weight is 518 g/mol. The fourth-order valence-electron chi connectivity index (χ4n) is 3.46. The van der Waals surface area contributed by atoms with Crippen molar-refractivity contribution in [2.45, 2.75) is 6.54 Å². The fourth-order valence-corrected chi connectivity index (χ4v) is 4.53. The van der Waals surface area contributed by atoms with Crippen molar-refractivity contribution >= 4 is 58.4 Å². The number of benzene rings is 3. The van der Waals surface area contributed by atoms with Crippen LogP contribution >= 0.6 is 23.4 Å². The number of rotatable bonds is 7. The van der Waals surface area contributed by atoms with Gasteiger partial charge in [0.05, 0.1) is 29.1 Å². The number of hydrogen-bond donors (Lipinski definition) is 0. The van der Waals surface area contributed by atoms with Crippen LogP contribution in [0.2, 0.25) is 5.02 Å². The Morgan fingerprint density at radius 1 is 0.944 bits per heavy atom. The molecule has 4 rings (SSSR count). The molecule has 0 N–H and O–H groups in total. The summed E-state index contributed by atoms with van der Waals surface area (Å²) in [4.78, 5) is 50.7. The third-order valence-corrected chi connectivity index (χ3v) is 6.63. The monoisotopic (exact) mass is 517 g/mol. The second-order valence-electron chi connectivity index (χ2n) is 7.80. The number of thioether (sulfide) groups is 1. The minimum atomic E-state index is -0.454. The van der Waals surface area contributed by atoms with Gasteiger partial charge in [0.25, 0.3) is 11.1 Å². The van der Waals surface area contributed by atoms with E-state index >= 15 is 0 Å². The number of imide groups is 1. The predicted octanol–water partition coefficient (Wildman–Crippen LogP) is 6.26. The molecule has 0 spiro atoms. The van der Waals surface area contributed by atoms with E-state index in [1.807, 2.05) is 12.1 Å². The van der Waals surface area contributed by atoms with Crippen molar-refractivity contribution in [3.63, 3.8) is 0 Å². The number of carbonyl (C=O) groups is 4. The van der Waals surface area contributed by atoms with E-state index in [4.69, 9.17) is 11.6 Å². The highest BCUT2D eigenvalue weighted by atomic mass is 35.5. The van der Waals surface area contributed by atoms with Crippen molar-refractivity contribution in [2.75, 3.05) is 7.11 Å². The van der Waals surface area contributed by atoms with Gasteiger partial charge < -0.3 is 4.74 Å². The maximum atomic E-state index is 12.8. The molecule has 0 unspecified atom stereocenters. The van der Waals surface area contributed by atoms with Crippen molar-refractivity contribution in [1.82, 2.24) is 4.90 Å². The molecule has 0 atom stereocenters. The molecule has 3 aromatic carbocycles. The lowest BCUT2D eigenvalue weighted by Crippen LogP contribution is -2.27. The van der Waals surface area contributed by atoms with Crippen LogP contribution in [0.3, 0.4) is 0 Å². The van der Waals surface area contributed by atoms with Crippen molar-refractivity contribution in [3.05, 3.63) is 117 Å². The van der Waals surface area contributed by atoms with E-state index in [1.165, 1.54) is 18.1 Å². The average Bonchev–Trinajstić information content (AvgIpc) is 3.15. The lowest BCUT2D eigenvalue weighted by Gasteiger charge is -2.12. The largest absolute Gasteiger partial charge is 0.465 e. The number of amides is 2. The second-order valence-corrected chi connectivity index (χ2v) is 9.20. The first kappa shape index (κ1) is 25.2. The molecule has 1 aliphatic heterocycles. The van der Waals surface area contributed by atoms with Gasteiger partial charge in [-0.05, 0) is 64.9 Å². The van der Waals surface area contributed by atoms with E-state index in [0.717, 1.165) is 22.9 Å². The van der Waals surface area contributed by atoms with Crippen LogP contribution in [0.1, 0.15) is 37.4 Å². The Kier molecular flexibility index (Phi) is 7.83. The molecule has 1 fully saturated rings. The molecule has 6 nitrogen and oxygen atoms in total. The summed E-state index contributed by atoms with van der Waals surface area (Å²) in [5.41, 5.74) is 3.09. The zero-order chi connectivity index (χ0) is 25.7. The summed E-state index contributed by atoms with van der Waals surface area (Å²) in [5.74, 6) is -1.03. The minimum absolute atomic E-state index is 0.104. The van der Waals surface area contributed by atoms with E-state index in [-0.39, 0.29) is 23.5 Å². The molecule has 2 amide bonds. The Morgan fingerprint density at radius 3 is 2.28 bits per heavy atom. The first-order valence-corrected chi connectivity index (χ1v) is 12.0. The Bertz CT molecular complexity index is 1390. The van der Waals surface area contributed by atoms with Gasteiger partial charge in [-0.15, -0.1) is 0 Å². The van der Waals surface area contributed by atoms with E-state index in [2.05, 4.69) is 4.74 Å². The van der Waals surface area contributed by atoms with Crippen LogP contribution in [0.15, 0.2) is 83.8 Å². The zero-order valence-electron chi connectivity index (χ0n) is 19.1. The van der Waals surface area contributed by atoms with Crippen LogP contribution in [0.4, 0.5) is 4.79 Å². The van der Waals surface area contributed by atoms with Gasteiger partial charge in [-0.1, -0.05) is 66.2 Å². The number of allylic oxidation sites excluding steroid dienone is 1. The first-order valence-electron chi connectivity index (χ1n) is 10.9. The number of nitrogens with zero attached hydrogens (tertiary/aromatic N) is 1. The van der Waals surface area contributed by atoms with Crippen molar-refractivity contribution in [2.24, 2.45) is 0 Å². The van der Waals surface area contributed by atoms with Gasteiger partial charge in [0.2, 0.25) is 0 Å². The summed E-state index contributed by atoms with van der Waals surface area (Å²) in [6, 6.07) is 20.6. The number of esters is 1. The molecule has 0 radical (unpaired) electrons. The highest BCUT2D eigenvalue weighted by Crippen LogP contribution is 2.33. The summed E-state index contributed by atoms with van der Waals surface area (Å²) in [5, 5.41) is 0.0376. The van der Waals surface area contributed by atoms with Gasteiger partial charge in [-0.2, -0.15) is 0 Å². The van der Waals surface area contributed by atoms with Gasteiger partial charge in [0.1, 0.15) is 0 Å². The Morgan fingerprint density at radius 2 is 1.61 bits per heavy atom. The summed E-state index contributed by atoms with van der Waals surface area (Å²) in [6.45, 7) is 0.104. The highest BCUT2D eigenvalue weighted by Gasteiger charge is 2.35. The summed E-state index contributed by atoms with van der Waals surface area (Å²) >= 11 is 6.95. The van der Waals surface area contributed by atoms with Crippen LogP contribution in [0.5, 0.6) is 0 Å². The first-order chi connectivity index (χ1) is 17.4. The molecule has 0 aromatic heterocycles. The molecule has 0 aliphatic carbocycles. The van der Waals surface area contributed by atoms with E-state index in [1.54, 1.807) is 72.8 Å². The van der Waals surface area contributed by atoms with Gasteiger partial charge in [-0.25, -0.2) is 4.79 Å². The molecular formula is C28H20ClNO5S. The highest BCUT2D eigenvalue weighted by molar-refractivity contribution is 8.18. The SMILES string of the molecule is COC(=O)c1ccc(CN2C(=O)S/C(=C\c3ccc(/C=C/C(=O)c4ccccc4Cl)cc3)C2=O)cc1. The van der Waals surface area contributed by atoms with Crippen molar-refractivity contribution in [1.29, 1.82) is 0 Å². The lowest BCUT2D eigenvalue weighted by atomic mass is 10.1. The Labute approximate surface area is 217 Å². The number of ether oxygens (including phenoxy) is 1. The number of carbonyl (C=O) groups excluding carboxylic acids is 4. The van der Waals surface area contributed by atoms with Crippen LogP contribution in [-0.2, 0) is 16.1 Å². The third-order valence-electron chi connectivity index (χ3n) is 5.39. The lowest BCUT2D eigenvalue weighted by molar-refractivity contribution is -0.123. The summed E-state index contributed by atoms with van der Waals surface area (Å²) in [7, 11) is 1.30. The van der Waals surface area contributed by atoms with Gasteiger partial charge >= 0.3 is 5.97 Å². The predicted molar refractivity (Wildman–Crippen MR) is 141 cm³/mol. The topological polar surface area (TPSA) is 80.8 Å². The van der Waals surface area contributed by atoms with Gasteiger partial charge in [0, 0.05) is 5.56 Å². The third kappa shape index (κ3) is 5.82. The smallest absolute Gasteiger partial charge is 0.337 e. The van der Waals surface area contributed by atoms with E-state index in [9.17, 15) is 19.2 Å². The molecular weight excluding hydrogens is 498 g/mol. The normalized spacial score (nSPS) is 14.6. The fraction of sp³-hybridized carbons (Fsp3) is 0.0714. The van der Waals surface area contributed by atoms with Crippen molar-refractivity contribution in [3.8, 4) is 0 Å². The van der Waals surface area contributed by atoms with Crippen LogP contribution in [-0.4, -0.2) is 34.9 Å². The minimum Gasteiger partial charge on any atom is -0.465 e. The molecule has 180 valence electrons. The van der Waals surface area contributed by atoms with E-state index in [0.29, 0.717) is 26.6 Å². The molecule has 1 heterocycles. The Hall–Kier alpha value is -3.94. The molecule has 36 heavy (non-hydrogen) atoms. The second kappa shape index (κ2) is 11.2. The number of halogens is 1. The van der Waals surface area contributed by atoms with Gasteiger partial charge in [0.15, 0.2) is 5.78 Å². The Balaban J connectivity index is 1.41. The standard InChI is InChI=1S/C28H20ClNO5S/c1-35-27(33)21-13-10-20(11-14-21)17-30-26(32)25(36-28(30)34)16-19-8-6-18(7-9-19)12-15-24(31)22-4-2-3-5-23(22)29/h2-16H,17H2,1H3/b15-12+,25-16-. The maximum absolute atomic E-state index is 12.8. The van der Waals surface area contributed by atoms with E-state index < -0.39 is 5.97 Å². The van der Waals surface area contributed by atoms with Crippen LogP contribution < -0.4 is 0 Å². The molecule has 3 aromatic rings. The molecule has 0 bridgehead atoms. The molecule has 1 saturated heterocycles. The quantitative estimate of drug-likeness (QED) is 0.209. The van der Waals surface area contributed by atoms with Crippen LogP contribution in [0, 0.1) is 0 Å². The molecule has 8 heteroatoms. The van der Waals surface area contributed by atoms with Gasteiger partial charge in [-0.3, -0.25) is 19.3 Å². The maximum Gasteiger partial charge on any atom is 0.337 e. The zero-order valence-corrected chi connectivity index (χ0v) is 20.7. The van der Waals surface area contributed by atoms with Crippen molar-refractivity contribution < 1.29 is 23.9 Å². The summed E-state index contributed by atoms with van der Waals surface area (Å²) < 4.78 is 4.68. The number of methoxy groups -OCH3 is 1. The van der Waals surface area contributed by atoms with Crippen LogP contribution in [0.25, 0.3) is 12.2 Å². The molecule has 1 aliphatic rings.